The Morgan fingerprint density at radius 1 is 1.00 bits per heavy atom. The zero-order chi connectivity index (χ0) is 23.5. The van der Waals surface area contributed by atoms with Crippen molar-refractivity contribution in [3.05, 3.63) is 87.2 Å². The van der Waals surface area contributed by atoms with Crippen molar-refractivity contribution in [3.63, 3.8) is 0 Å². The normalized spacial score (nSPS) is 10.6. The lowest BCUT2D eigenvalue weighted by Gasteiger charge is -2.15. The van der Waals surface area contributed by atoms with Gasteiger partial charge in [-0.1, -0.05) is 72.0 Å². The molecule has 9 heteroatoms. The minimum Gasteiger partial charge on any atom is -0.465 e. The number of hydrogen-bond donors (Lipinski definition) is 1. The zero-order valence-corrected chi connectivity index (χ0v) is 19.0. The third kappa shape index (κ3) is 4.31. The molecule has 0 spiro atoms. The van der Waals surface area contributed by atoms with Gasteiger partial charge < -0.3 is 4.74 Å². The summed E-state index contributed by atoms with van der Waals surface area (Å²) in [5.41, 5.74) is 2.18. The van der Waals surface area contributed by atoms with Crippen LogP contribution in [0.1, 0.15) is 25.7 Å². The van der Waals surface area contributed by atoms with Crippen molar-refractivity contribution >= 4 is 28.3 Å². The van der Waals surface area contributed by atoms with Gasteiger partial charge in [0.1, 0.15) is 10.4 Å². The van der Waals surface area contributed by atoms with E-state index in [4.69, 9.17) is 4.74 Å². The number of amides is 1. The number of esters is 1. The van der Waals surface area contributed by atoms with Gasteiger partial charge in [0.25, 0.3) is 11.5 Å². The average molecular weight is 461 g/mol. The highest BCUT2D eigenvalue weighted by molar-refractivity contribution is 7.17. The van der Waals surface area contributed by atoms with Gasteiger partial charge in [0, 0.05) is 18.2 Å². The van der Waals surface area contributed by atoms with Crippen molar-refractivity contribution in [2.45, 2.75) is 6.92 Å². The second-order valence-electron chi connectivity index (χ2n) is 7.14. The number of thiazole rings is 1. The Hall–Kier alpha value is -4.11. The van der Waals surface area contributed by atoms with Gasteiger partial charge in [0.05, 0.1) is 18.5 Å². The number of hydrogen-bond acceptors (Lipinski definition) is 7. The molecule has 0 aliphatic carbocycles. The molecule has 8 nitrogen and oxygen atoms in total. The Morgan fingerprint density at radius 3 is 2.21 bits per heavy atom. The van der Waals surface area contributed by atoms with E-state index < -0.39 is 17.4 Å². The summed E-state index contributed by atoms with van der Waals surface area (Å²) in [6, 6.07) is 18.5. The second-order valence-corrected chi connectivity index (χ2v) is 8.14. The summed E-state index contributed by atoms with van der Waals surface area (Å²) < 4.78 is 5.90. The smallest absolute Gasteiger partial charge is 0.350 e. The number of methoxy groups -OCH3 is 1. The molecule has 0 atom stereocenters. The Labute approximate surface area is 193 Å². The van der Waals surface area contributed by atoms with Gasteiger partial charge in [0.2, 0.25) is 0 Å². The third-order valence-corrected chi connectivity index (χ3v) is 6.02. The van der Waals surface area contributed by atoms with Gasteiger partial charge in [-0.3, -0.25) is 14.9 Å². The van der Waals surface area contributed by atoms with Crippen LogP contribution in [0.5, 0.6) is 0 Å². The van der Waals surface area contributed by atoms with Crippen LogP contribution in [0.4, 0.5) is 5.13 Å². The van der Waals surface area contributed by atoms with Crippen molar-refractivity contribution in [1.29, 1.82) is 0 Å². The fourth-order valence-electron chi connectivity index (χ4n) is 3.42. The molecule has 0 bridgehead atoms. The van der Waals surface area contributed by atoms with Crippen LogP contribution in [-0.2, 0) is 11.8 Å². The van der Waals surface area contributed by atoms with E-state index in [1.807, 2.05) is 60.7 Å². The van der Waals surface area contributed by atoms with Crippen LogP contribution in [0.15, 0.2) is 65.5 Å². The van der Waals surface area contributed by atoms with E-state index >= 15 is 0 Å². The Balaban J connectivity index is 1.89. The molecule has 0 saturated heterocycles. The van der Waals surface area contributed by atoms with Crippen LogP contribution < -0.4 is 10.9 Å². The highest BCUT2D eigenvalue weighted by Gasteiger charge is 2.26. The maximum atomic E-state index is 13.4. The van der Waals surface area contributed by atoms with Crippen molar-refractivity contribution in [2.75, 3.05) is 12.4 Å². The van der Waals surface area contributed by atoms with Crippen LogP contribution in [-0.4, -0.2) is 33.8 Å². The van der Waals surface area contributed by atoms with Crippen molar-refractivity contribution in [1.82, 2.24) is 14.8 Å². The van der Waals surface area contributed by atoms with Crippen LogP contribution in [0.2, 0.25) is 0 Å². The number of carbonyl (C=O) groups is 2. The molecule has 2 aromatic heterocycles. The molecule has 33 heavy (non-hydrogen) atoms. The first-order valence-electron chi connectivity index (χ1n) is 10.00. The van der Waals surface area contributed by atoms with E-state index in [0.717, 1.165) is 21.6 Å². The van der Waals surface area contributed by atoms with Crippen molar-refractivity contribution in [2.24, 2.45) is 7.05 Å². The van der Waals surface area contributed by atoms with E-state index in [9.17, 15) is 14.4 Å². The van der Waals surface area contributed by atoms with Gasteiger partial charge in [-0.15, -0.1) is 0 Å². The summed E-state index contributed by atoms with van der Waals surface area (Å²) in [6.07, 6.45) is 0. The molecule has 2 heterocycles. The van der Waals surface area contributed by atoms with Gasteiger partial charge in [-0.2, -0.15) is 5.10 Å². The topological polar surface area (TPSA) is 103 Å². The standard InChI is InChI=1S/C24H20N4O4S/c1-14-20(23(31)32-3)33-24(25-14)26-21(29)18-17(15-10-6-4-7-11-15)19(27-28(2)22(18)30)16-12-8-5-9-13-16/h4-13H,1-3H3,(H,25,26,29). The summed E-state index contributed by atoms with van der Waals surface area (Å²) in [6.45, 7) is 1.65. The number of benzene rings is 2. The quantitative estimate of drug-likeness (QED) is 0.453. The number of ether oxygens (including phenoxy) is 1. The molecule has 4 rings (SSSR count). The third-order valence-electron chi connectivity index (χ3n) is 4.97. The van der Waals surface area contributed by atoms with Gasteiger partial charge in [0.15, 0.2) is 5.13 Å². The molecule has 4 aromatic rings. The second kappa shape index (κ2) is 9.17. The number of nitrogens with one attached hydrogen (secondary N) is 1. The molecular weight excluding hydrogens is 440 g/mol. The number of aryl methyl sites for hydroxylation is 2. The zero-order valence-electron chi connectivity index (χ0n) is 18.2. The molecule has 0 aliphatic heterocycles. The van der Waals surface area contributed by atoms with Crippen LogP contribution in [0.25, 0.3) is 22.4 Å². The number of rotatable bonds is 5. The van der Waals surface area contributed by atoms with Crippen LogP contribution in [0.3, 0.4) is 0 Å². The van der Waals surface area contributed by atoms with E-state index in [1.54, 1.807) is 6.92 Å². The minimum atomic E-state index is -0.640. The summed E-state index contributed by atoms with van der Waals surface area (Å²) in [5, 5.41) is 7.34. The lowest BCUT2D eigenvalue weighted by Crippen LogP contribution is -2.31. The van der Waals surface area contributed by atoms with Crippen LogP contribution in [0, 0.1) is 6.92 Å². The molecule has 1 amide bonds. The highest BCUT2D eigenvalue weighted by atomic mass is 32.1. The first-order chi connectivity index (χ1) is 15.9. The van der Waals surface area contributed by atoms with Crippen molar-refractivity contribution < 1.29 is 14.3 Å². The summed E-state index contributed by atoms with van der Waals surface area (Å²) in [7, 11) is 2.78. The molecule has 0 radical (unpaired) electrons. The fraction of sp³-hybridized carbons (Fsp3) is 0.125. The van der Waals surface area contributed by atoms with Gasteiger partial charge >= 0.3 is 5.97 Å². The van der Waals surface area contributed by atoms with Crippen LogP contribution >= 0.6 is 11.3 Å². The largest absolute Gasteiger partial charge is 0.465 e. The Morgan fingerprint density at radius 2 is 1.61 bits per heavy atom. The summed E-state index contributed by atoms with van der Waals surface area (Å²) in [5.74, 6) is -1.18. The number of aromatic nitrogens is 3. The maximum absolute atomic E-state index is 13.4. The first kappa shape index (κ1) is 22.1. The molecule has 2 aromatic carbocycles. The predicted molar refractivity (Wildman–Crippen MR) is 126 cm³/mol. The highest BCUT2D eigenvalue weighted by Crippen LogP contribution is 2.32. The fourth-order valence-corrected chi connectivity index (χ4v) is 4.30. The van der Waals surface area contributed by atoms with Crippen molar-refractivity contribution in [3.8, 4) is 22.4 Å². The molecule has 1 N–H and O–H groups in total. The molecule has 0 fully saturated rings. The van der Waals surface area contributed by atoms with Gasteiger partial charge in [-0.25, -0.2) is 14.5 Å². The Kier molecular flexibility index (Phi) is 6.14. The minimum absolute atomic E-state index is 0.0648. The molecule has 0 unspecified atom stereocenters. The molecule has 0 saturated carbocycles. The SMILES string of the molecule is COC(=O)c1sc(NC(=O)c2c(-c3ccccc3)c(-c3ccccc3)nn(C)c2=O)nc1C. The predicted octanol–water partition coefficient (Wildman–Crippen LogP) is 3.92. The molecule has 0 aliphatic rings. The first-order valence-corrected chi connectivity index (χ1v) is 10.8. The summed E-state index contributed by atoms with van der Waals surface area (Å²) >= 11 is 0.985. The lowest BCUT2D eigenvalue weighted by molar-refractivity contribution is 0.0605. The molecule has 166 valence electrons. The monoisotopic (exact) mass is 460 g/mol. The lowest BCUT2D eigenvalue weighted by atomic mass is 9.95. The Bertz CT molecular complexity index is 1400. The number of carbonyl (C=O) groups excluding carboxylic acids is 2. The van der Waals surface area contributed by atoms with E-state index in [1.165, 1.54) is 14.2 Å². The number of anilines is 1. The van der Waals surface area contributed by atoms with E-state index in [2.05, 4.69) is 15.4 Å². The summed E-state index contributed by atoms with van der Waals surface area (Å²) in [4.78, 5) is 43.0. The maximum Gasteiger partial charge on any atom is 0.350 e. The van der Waals surface area contributed by atoms with Gasteiger partial charge in [-0.05, 0) is 12.5 Å². The van der Waals surface area contributed by atoms with E-state index in [-0.39, 0.29) is 15.6 Å². The molecular formula is C24H20N4O4S. The number of nitrogens with zero attached hydrogens (tertiary/aromatic N) is 3. The average Bonchev–Trinajstić information content (AvgIpc) is 3.20. The van der Waals surface area contributed by atoms with E-state index in [0.29, 0.717) is 22.5 Å².